The van der Waals surface area contributed by atoms with Crippen LogP contribution < -0.4 is 5.73 Å². The van der Waals surface area contributed by atoms with Crippen molar-refractivity contribution in [3.8, 4) is 0 Å². The Kier molecular flexibility index (Phi) is 4.89. The smallest absolute Gasteiger partial charge is 0.0698 e. The predicted octanol–water partition coefficient (Wildman–Crippen LogP) is 3.74. The molecule has 0 aliphatic carbocycles. The Bertz CT molecular complexity index is 522. The van der Waals surface area contributed by atoms with Crippen molar-refractivity contribution < 1.29 is 0 Å². The molecule has 0 aliphatic rings. The fourth-order valence-electron chi connectivity index (χ4n) is 1.66. The van der Waals surface area contributed by atoms with Crippen LogP contribution in [0.1, 0.15) is 11.7 Å². The summed E-state index contributed by atoms with van der Waals surface area (Å²) in [5.74, 6) is 0.814. The SMILES string of the molecule is Cn1ncc(Br)c1C(N)CSc1cccc(Br)c1. The van der Waals surface area contributed by atoms with E-state index in [1.54, 1.807) is 18.0 Å². The van der Waals surface area contributed by atoms with Gasteiger partial charge in [0.15, 0.2) is 0 Å². The van der Waals surface area contributed by atoms with E-state index in [1.807, 2.05) is 23.9 Å². The first kappa shape index (κ1) is 14.1. The van der Waals surface area contributed by atoms with Gasteiger partial charge in [-0.3, -0.25) is 4.68 Å². The van der Waals surface area contributed by atoms with Gasteiger partial charge in [0.25, 0.3) is 0 Å². The van der Waals surface area contributed by atoms with Gasteiger partial charge in [-0.05, 0) is 34.1 Å². The second-order valence-corrected chi connectivity index (χ2v) is 6.74. The first-order valence-corrected chi connectivity index (χ1v) is 7.96. The minimum absolute atomic E-state index is 0.0455. The molecule has 0 aliphatic heterocycles. The average Bonchev–Trinajstić information content (AvgIpc) is 2.66. The van der Waals surface area contributed by atoms with E-state index in [4.69, 9.17) is 5.73 Å². The molecule has 2 N–H and O–H groups in total. The molecule has 0 bridgehead atoms. The van der Waals surface area contributed by atoms with Crippen LogP contribution in [0.5, 0.6) is 0 Å². The topological polar surface area (TPSA) is 43.8 Å². The summed E-state index contributed by atoms with van der Waals surface area (Å²) in [5.41, 5.74) is 7.23. The lowest BCUT2D eigenvalue weighted by Crippen LogP contribution is -2.17. The summed E-state index contributed by atoms with van der Waals surface area (Å²) in [6, 6.07) is 8.17. The molecule has 1 aromatic heterocycles. The summed E-state index contributed by atoms with van der Waals surface area (Å²) in [4.78, 5) is 1.21. The van der Waals surface area contributed by atoms with Crippen molar-refractivity contribution in [3.63, 3.8) is 0 Å². The van der Waals surface area contributed by atoms with Gasteiger partial charge in [0.05, 0.1) is 22.4 Å². The highest BCUT2D eigenvalue weighted by molar-refractivity contribution is 9.10. The second-order valence-electron chi connectivity index (χ2n) is 3.88. The molecule has 0 spiro atoms. The monoisotopic (exact) mass is 389 g/mol. The third kappa shape index (κ3) is 3.38. The van der Waals surface area contributed by atoms with Crippen LogP contribution >= 0.6 is 43.6 Å². The molecule has 2 aromatic rings. The maximum atomic E-state index is 6.20. The number of halogens is 2. The highest BCUT2D eigenvalue weighted by Crippen LogP contribution is 2.28. The van der Waals surface area contributed by atoms with E-state index >= 15 is 0 Å². The van der Waals surface area contributed by atoms with Crippen molar-refractivity contribution in [1.29, 1.82) is 0 Å². The Balaban J connectivity index is 2.03. The summed E-state index contributed by atoms with van der Waals surface area (Å²) in [5, 5.41) is 4.18. The van der Waals surface area contributed by atoms with E-state index in [9.17, 15) is 0 Å². The van der Waals surface area contributed by atoms with Crippen molar-refractivity contribution >= 4 is 43.6 Å². The average molecular weight is 391 g/mol. The summed E-state index contributed by atoms with van der Waals surface area (Å²) < 4.78 is 3.87. The molecule has 0 amide bonds. The molecule has 6 heteroatoms. The molecule has 96 valence electrons. The number of rotatable bonds is 4. The van der Waals surface area contributed by atoms with Crippen molar-refractivity contribution in [2.24, 2.45) is 12.8 Å². The Morgan fingerprint density at radius 3 is 2.83 bits per heavy atom. The first-order chi connectivity index (χ1) is 8.58. The minimum Gasteiger partial charge on any atom is -0.322 e. The maximum absolute atomic E-state index is 6.20. The number of thioether (sulfide) groups is 1. The molecule has 1 aromatic carbocycles. The molecule has 3 nitrogen and oxygen atoms in total. The van der Waals surface area contributed by atoms with Crippen LogP contribution in [0.4, 0.5) is 0 Å². The number of benzene rings is 1. The number of aryl methyl sites for hydroxylation is 1. The van der Waals surface area contributed by atoms with Gasteiger partial charge in [-0.2, -0.15) is 5.10 Å². The Morgan fingerprint density at radius 2 is 2.22 bits per heavy atom. The van der Waals surface area contributed by atoms with Crippen molar-refractivity contribution in [2.45, 2.75) is 10.9 Å². The molecule has 18 heavy (non-hydrogen) atoms. The zero-order valence-corrected chi connectivity index (χ0v) is 13.8. The molecule has 0 saturated heterocycles. The van der Waals surface area contributed by atoms with Crippen LogP contribution in [0.2, 0.25) is 0 Å². The lowest BCUT2D eigenvalue weighted by molar-refractivity contribution is 0.657. The predicted molar refractivity (Wildman–Crippen MR) is 82.7 cm³/mol. The maximum Gasteiger partial charge on any atom is 0.0698 e. The van der Waals surface area contributed by atoms with Gasteiger partial charge in [0.2, 0.25) is 0 Å². The van der Waals surface area contributed by atoms with E-state index in [0.717, 1.165) is 20.4 Å². The van der Waals surface area contributed by atoms with Crippen LogP contribution in [-0.4, -0.2) is 15.5 Å². The van der Waals surface area contributed by atoms with Crippen molar-refractivity contribution in [3.05, 3.63) is 45.1 Å². The Morgan fingerprint density at radius 1 is 1.44 bits per heavy atom. The highest BCUT2D eigenvalue weighted by atomic mass is 79.9. The van der Waals surface area contributed by atoms with Crippen molar-refractivity contribution in [2.75, 3.05) is 5.75 Å². The van der Waals surface area contributed by atoms with Gasteiger partial charge in [0, 0.05) is 22.2 Å². The third-order valence-corrected chi connectivity index (χ3v) is 4.73. The summed E-state index contributed by atoms with van der Waals surface area (Å²) in [6.45, 7) is 0. The number of nitrogens with zero attached hydrogens (tertiary/aromatic N) is 2. The lowest BCUT2D eigenvalue weighted by Gasteiger charge is -2.12. The fraction of sp³-hybridized carbons (Fsp3) is 0.250. The summed E-state index contributed by atoms with van der Waals surface area (Å²) >= 11 is 8.68. The number of hydrogen-bond donors (Lipinski definition) is 1. The van der Waals surface area contributed by atoms with Gasteiger partial charge in [-0.25, -0.2) is 0 Å². The number of nitrogens with two attached hydrogens (primary N) is 1. The second kappa shape index (κ2) is 6.23. The third-order valence-electron chi connectivity index (χ3n) is 2.51. The molecule has 2 rings (SSSR count). The van der Waals surface area contributed by atoms with Crippen LogP contribution in [-0.2, 0) is 7.05 Å². The largest absolute Gasteiger partial charge is 0.322 e. The standard InChI is InChI=1S/C12H13Br2N3S/c1-17-12(10(14)6-16-17)11(15)7-18-9-4-2-3-8(13)5-9/h2-6,11H,7,15H2,1H3. The van der Waals surface area contributed by atoms with E-state index in [-0.39, 0.29) is 6.04 Å². The fourth-order valence-corrected chi connectivity index (χ4v) is 3.77. The molecule has 1 atom stereocenters. The van der Waals surface area contributed by atoms with Crippen LogP contribution in [0, 0.1) is 0 Å². The van der Waals surface area contributed by atoms with Gasteiger partial charge >= 0.3 is 0 Å². The van der Waals surface area contributed by atoms with E-state index in [1.165, 1.54) is 4.90 Å². The van der Waals surface area contributed by atoms with Gasteiger partial charge in [-0.15, -0.1) is 11.8 Å². The lowest BCUT2D eigenvalue weighted by atomic mass is 10.2. The highest BCUT2D eigenvalue weighted by Gasteiger charge is 2.15. The van der Waals surface area contributed by atoms with Crippen LogP contribution in [0.3, 0.4) is 0 Å². The molecular formula is C12H13Br2N3S. The van der Waals surface area contributed by atoms with Crippen LogP contribution in [0.25, 0.3) is 0 Å². The number of aromatic nitrogens is 2. The van der Waals surface area contributed by atoms with Crippen LogP contribution in [0.15, 0.2) is 44.3 Å². The molecule has 1 heterocycles. The van der Waals surface area contributed by atoms with Gasteiger partial charge in [0.1, 0.15) is 0 Å². The van der Waals surface area contributed by atoms with Crippen molar-refractivity contribution in [1.82, 2.24) is 9.78 Å². The van der Waals surface area contributed by atoms with E-state index in [2.05, 4.69) is 49.1 Å². The zero-order valence-electron chi connectivity index (χ0n) is 9.81. The molecule has 1 unspecified atom stereocenters. The minimum atomic E-state index is -0.0455. The normalized spacial score (nSPS) is 12.7. The number of hydrogen-bond acceptors (Lipinski definition) is 3. The Labute approximate surface area is 127 Å². The van der Waals surface area contributed by atoms with E-state index in [0.29, 0.717) is 0 Å². The molecule has 0 saturated carbocycles. The summed E-state index contributed by atoms with van der Waals surface area (Å²) in [6.07, 6.45) is 1.78. The molecule has 0 radical (unpaired) electrons. The molecular weight excluding hydrogens is 378 g/mol. The first-order valence-electron chi connectivity index (χ1n) is 5.39. The summed E-state index contributed by atoms with van der Waals surface area (Å²) in [7, 11) is 1.91. The van der Waals surface area contributed by atoms with Gasteiger partial charge in [-0.1, -0.05) is 22.0 Å². The quantitative estimate of drug-likeness (QED) is 0.808. The zero-order chi connectivity index (χ0) is 13.1. The molecule has 0 fully saturated rings. The Hall–Kier alpha value is -0.300. The van der Waals surface area contributed by atoms with Gasteiger partial charge < -0.3 is 5.73 Å². The van der Waals surface area contributed by atoms with E-state index < -0.39 is 0 Å².